The van der Waals surface area contributed by atoms with E-state index in [1.165, 1.54) is 0 Å². The molecule has 6 nitrogen and oxygen atoms in total. The summed E-state index contributed by atoms with van der Waals surface area (Å²) in [7, 11) is 1.90. The molecule has 2 aromatic heterocycles. The number of nitriles is 2. The Labute approximate surface area is 211 Å². The molecule has 6 aromatic rings. The summed E-state index contributed by atoms with van der Waals surface area (Å²) in [6, 6.07) is 21.2. The summed E-state index contributed by atoms with van der Waals surface area (Å²) >= 11 is 6.40. The summed E-state index contributed by atoms with van der Waals surface area (Å²) in [4.78, 5) is 12.4. The van der Waals surface area contributed by atoms with E-state index in [1.54, 1.807) is 30.7 Å². The minimum absolute atomic E-state index is 0.387. The van der Waals surface area contributed by atoms with Crippen LogP contribution in [0.4, 0.5) is 0 Å². The van der Waals surface area contributed by atoms with Crippen molar-refractivity contribution in [3.8, 4) is 35.4 Å². The second-order valence-electron chi connectivity index (χ2n) is 8.35. The van der Waals surface area contributed by atoms with Crippen molar-refractivity contribution in [3.63, 3.8) is 0 Å². The fourth-order valence-electron chi connectivity index (χ4n) is 4.50. The summed E-state index contributed by atoms with van der Waals surface area (Å²) in [6.45, 7) is 0. The number of aromatic amines is 1. The largest absolute Gasteiger partial charge is 0.337 e. The Morgan fingerprint density at radius 2 is 1.64 bits per heavy atom. The monoisotopic (exact) mass is 482 g/mol. The van der Waals surface area contributed by atoms with Gasteiger partial charge in [0.2, 0.25) is 0 Å². The van der Waals surface area contributed by atoms with E-state index in [1.807, 2.05) is 48.0 Å². The van der Waals surface area contributed by atoms with Crippen LogP contribution in [-0.4, -0.2) is 19.5 Å². The van der Waals surface area contributed by atoms with Gasteiger partial charge in [-0.05, 0) is 53.1 Å². The third-order valence-electron chi connectivity index (χ3n) is 6.21. The van der Waals surface area contributed by atoms with Crippen LogP contribution in [-0.2, 0) is 7.05 Å². The van der Waals surface area contributed by atoms with Gasteiger partial charge in [0.15, 0.2) is 0 Å². The highest BCUT2D eigenvalue weighted by Gasteiger charge is 2.18. The van der Waals surface area contributed by atoms with Gasteiger partial charge in [0.1, 0.15) is 11.5 Å². The zero-order valence-corrected chi connectivity index (χ0v) is 19.7. The second kappa shape index (κ2) is 8.29. The van der Waals surface area contributed by atoms with E-state index in [9.17, 15) is 10.5 Å². The average molecular weight is 483 g/mol. The van der Waals surface area contributed by atoms with Crippen LogP contribution in [0.2, 0.25) is 5.02 Å². The minimum Gasteiger partial charge on any atom is -0.337 e. The number of aromatic nitrogens is 4. The van der Waals surface area contributed by atoms with E-state index in [-0.39, 0.29) is 0 Å². The maximum Gasteiger partial charge on any atom is 0.141 e. The predicted octanol–water partition coefficient (Wildman–Crippen LogP) is 6.07. The number of H-pyrrole nitrogens is 1. The van der Waals surface area contributed by atoms with Gasteiger partial charge in [-0.1, -0.05) is 35.7 Å². The van der Waals surface area contributed by atoms with Crippen molar-refractivity contribution < 1.29 is 0 Å². The van der Waals surface area contributed by atoms with Crippen molar-refractivity contribution in [3.05, 3.63) is 94.5 Å². The maximum atomic E-state index is 9.68. The van der Waals surface area contributed by atoms with Gasteiger partial charge >= 0.3 is 0 Å². The van der Waals surface area contributed by atoms with Gasteiger partial charge < -0.3 is 9.55 Å². The van der Waals surface area contributed by atoms with Crippen molar-refractivity contribution in [1.82, 2.24) is 19.5 Å². The number of hydrogen-bond acceptors (Lipinski definition) is 4. The summed E-state index contributed by atoms with van der Waals surface area (Å²) in [6.07, 6.45) is 3.45. The van der Waals surface area contributed by atoms with Gasteiger partial charge in [-0.25, -0.2) is 9.97 Å². The molecule has 0 saturated heterocycles. The topological polar surface area (TPSA) is 94.1 Å². The minimum atomic E-state index is 0.387. The van der Waals surface area contributed by atoms with Gasteiger partial charge in [0.25, 0.3) is 0 Å². The highest BCUT2D eigenvalue weighted by Crippen LogP contribution is 2.37. The number of benzene rings is 4. The van der Waals surface area contributed by atoms with Gasteiger partial charge in [-0.15, -0.1) is 0 Å². The van der Waals surface area contributed by atoms with Crippen LogP contribution in [0.1, 0.15) is 22.4 Å². The molecular formula is C29H15ClN6. The van der Waals surface area contributed by atoms with Crippen LogP contribution in [0.15, 0.2) is 67.1 Å². The van der Waals surface area contributed by atoms with Crippen molar-refractivity contribution in [2.24, 2.45) is 7.05 Å². The summed E-state index contributed by atoms with van der Waals surface area (Å²) < 4.78 is 1.87. The molecule has 0 fully saturated rings. The second-order valence-corrected chi connectivity index (χ2v) is 8.79. The number of imidazole rings is 2. The lowest BCUT2D eigenvalue weighted by Gasteiger charge is -2.07. The van der Waals surface area contributed by atoms with E-state index in [0.717, 1.165) is 43.8 Å². The summed E-state index contributed by atoms with van der Waals surface area (Å²) in [5.41, 5.74) is 4.50. The molecular weight excluding hydrogens is 468 g/mol. The molecule has 0 saturated carbocycles. The molecule has 0 aliphatic rings. The molecule has 4 aromatic carbocycles. The number of nitrogens with one attached hydrogen (secondary N) is 1. The molecule has 1 N–H and O–H groups in total. The van der Waals surface area contributed by atoms with Gasteiger partial charge in [-0.3, -0.25) is 0 Å². The zero-order valence-electron chi connectivity index (χ0n) is 19.0. The highest BCUT2D eigenvalue weighted by atomic mass is 35.5. The standard InChI is InChI=1S/C29H15ClN6/c1-36-16-33-15-21(36)8-5-17-6-9-22-24(11-17)25-12-20(30)7-10-23(25)28-27(22)34-29(35-28)26-18(13-31)3-2-4-19(26)14-32/h2-4,6-7,9-12,15-16H,1H3,(H,34,35). The van der Waals surface area contributed by atoms with Gasteiger partial charge in [0, 0.05) is 28.4 Å². The van der Waals surface area contributed by atoms with Gasteiger partial charge in [-0.2, -0.15) is 10.5 Å². The average Bonchev–Trinajstić information content (AvgIpc) is 3.53. The summed E-state index contributed by atoms with van der Waals surface area (Å²) in [5, 5.41) is 23.8. The predicted molar refractivity (Wildman–Crippen MR) is 140 cm³/mol. The van der Waals surface area contributed by atoms with Crippen molar-refractivity contribution in [1.29, 1.82) is 10.5 Å². The Morgan fingerprint density at radius 1 is 0.889 bits per heavy atom. The van der Waals surface area contributed by atoms with Crippen LogP contribution in [0.3, 0.4) is 0 Å². The van der Waals surface area contributed by atoms with Crippen LogP contribution in [0.25, 0.3) is 44.0 Å². The number of aryl methyl sites for hydroxylation is 1. The first-order valence-electron chi connectivity index (χ1n) is 11.0. The van der Waals surface area contributed by atoms with Crippen molar-refractivity contribution in [2.45, 2.75) is 0 Å². The summed E-state index contributed by atoms with van der Waals surface area (Å²) in [5.74, 6) is 6.87. The lowest BCUT2D eigenvalue weighted by Crippen LogP contribution is -1.91. The Hall–Kier alpha value is -5.09. The van der Waals surface area contributed by atoms with E-state index in [4.69, 9.17) is 16.6 Å². The normalized spacial score (nSPS) is 10.8. The Balaban J connectivity index is 1.66. The number of rotatable bonds is 1. The lowest BCUT2D eigenvalue weighted by molar-refractivity contribution is 0.899. The Bertz CT molecular complexity index is 1970. The van der Waals surface area contributed by atoms with Crippen LogP contribution < -0.4 is 0 Å². The first-order chi connectivity index (χ1) is 17.6. The van der Waals surface area contributed by atoms with E-state index >= 15 is 0 Å². The first-order valence-corrected chi connectivity index (χ1v) is 11.4. The van der Waals surface area contributed by atoms with Crippen molar-refractivity contribution in [2.75, 3.05) is 0 Å². The number of nitrogens with zero attached hydrogens (tertiary/aromatic N) is 5. The van der Waals surface area contributed by atoms with Crippen LogP contribution in [0, 0.1) is 34.5 Å². The first kappa shape index (κ1) is 21.4. The third-order valence-corrected chi connectivity index (χ3v) is 6.45. The molecule has 0 bridgehead atoms. The van der Waals surface area contributed by atoms with Crippen LogP contribution >= 0.6 is 11.6 Å². The molecule has 36 heavy (non-hydrogen) atoms. The zero-order chi connectivity index (χ0) is 24.8. The Kier molecular flexibility index (Phi) is 4.94. The molecule has 0 amide bonds. The molecule has 0 radical (unpaired) electrons. The van der Waals surface area contributed by atoms with Crippen LogP contribution in [0.5, 0.6) is 0 Å². The van der Waals surface area contributed by atoms with Crippen molar-refractivity contribution >= 4 is 44.2 Å². The Morgan fingerprint density at radius 3 is 2.36 bits per heavy atom. The molecule has 0 aliphatic heterocycles. The lowest BCUT2D eigenvalue weighted by atomic mass is 9.98. The SMILES string of the molecule is Cn1cncc1C#Cc1ccc2c(c1)c1cc(Cl)ccc1c1nc(-c3c(C#N)cccc3C#N)[nH]c21. The smallest absolute Gasteiger partial charge is 0.141 e. The van der Waals surface area contributed by atoms with E-state index in [0.29, 0.717) is 27.5 Å². The quantitative estimate of drug-likeness (QED) is 0.227. The molecule has 0 aliphatic carbocycles. The molecule has 0 spiro atoms. The highest BCUT2D eigenvalue weighted by molar-refractivity contribution is 6.33. The molecule has 2 heterocycles. The molecule has 0 unspecified atom stereocenters. The van der Waals surface area contributed by atoms with Gasteiger partial charge in [0.05, 0.1) is 52.4 Å². The molecule has 168 valence electrons. The molecule has 0 atom stereocenters. The number of fused-ring (bicyclic) bond motifs is 6. The number of halogens is 1. The molecule has 7 heteroatoms. The van der Waals surface area contributed by atoms with E-state index in [2.05, 4.69) is 33.9 Å². The molecule has 6 rings (SSSR count). The maximum absolute atomic E-state index is 9.68. The van der Waals surface area contributed by atoms with E-state index < -0.39 is 0 Å². The third kappa shape index (κ3) is 3.36. The number of hydrogen-bond donors (Lipinski definition) is 1. The fourth-order valence-corrected chi connectivity index (χ4v) is 4.67. The fraction of sp³-hybridized carbons (Fsp3) is 0.0345.